The maximum absolute atomic E-state index is 4.55. The van der Waals surface area contributed by atoms with Gasteiger partial charge in [-0.15, -0.1) is 0 Å². The molecule has 2 heterocycles. The summed E-state index contributed by atoms with van der Waals surface area (Å²) in [6.07, 6.45) is 3.69. The number of aromatic nitrogens is 2. The van der Waals surface area contributed by atoms with Crippen molar-refractivity contribution in [3.05, 3.63) is 11.3 Å². The number of anilines is 1. The van der Waals surface area contributed by atoms with E-state index >= 15 is 0 Å². The summed E-state index contributed by atoms with van der Waals surface area (Å²) in [5.41, 5.74) is 2.65. The summed E-state index contributed by atoms with van der Waals surface area (Å²) >= 11 is 0. The van der Waals surface area contributed by atoms with Crippen molar-refractivity contribution in [2.45, 2.75) is 31.8 Å². The van der Waals surface area contributed by atoms with Crippen molar-refractivity contribution in [3.8, 4) is 0 Å². The van der Waals surface area contributed by atoms with Crippen LogP contribution in [-0.2, 0) is 20.0 Å². The first kappa shape index (κ1) is 8.29. The van der Waals surface area contributed by atoms with Crippen LogP contribution in [0.25, 0.3) is 0 Å². The molecule has 3 rings (SSSR count). The fourth-order valence-corrected chi connectivity index (χ4v) is 2.03. The van der Waals surface area contributed by atoms with Crippen molar-refractivity contribution in [2.24, 2.45) is 7.05 Å². The summed E-state index contributed by atoms with van der Waals surface area (Å²) in [6.45, 7) is 2.03. The standard InChI is InChI=1S/C10H16N4/c1-14-10(12-7-2-3-7)8-6-11-5-4-9(8)13-14/h7,11-12H,2-6H2,1H3. The first-order valence-electron chi connectivity index (χ1n) is 5.36. The van der Waals surface area contributed by atoms with Crippen LogP contribution in [0.1, 0.15) is 24.1 Å². The molecule has 0 atom stereocenters. The van der Waals surface area contributed by atoms with Gasteiger partial charge >= 0.3 is 0 Å². The third kappa shape index (κ3) is 1.30. The minimum Gasteiger partial charge on any atom is -0.367 e. The predicted molar refractivity (Wildman–Crippen MR) is 55.3 cm³/mol. The van der Waals surface area contributed by atoms with Crippen LogP contribution in [-0.4, -0.2) is 22.4 Å². The first-order chi connectivity index (χ1) is 6.84. The monoisotopic (exact) mass is 192 g/mol. The van der Waals surface area contributed by atoms with Gasteiger partial charge in [-0.3, -0.25) is 4.68 Å². The first-order valence-corrected chi connectivity index (χ1v) is 5.36. The number of hydrogen-bond donors (Lipinski definition) is 2. The maximum atomic E-state index is 4.55. The molecule has 1 aliphatic carbocycles. The lowest BCUT2D eigenvalue weighted by atomic mass is 10.1. The van der Waals surface area contributed by atoms with Gasteiger partial charge in [-0.05, 0) is 12.8 Å². The van der Waals surface area contributed by atoms with Gasteiger partial charge in [-0.1, -0.05) is 0 Å². The number of hydrogen-bond acceptors (Lipinski definition) is 3. The zero-order valence-corrected chi connectivity index (χ0v) is 8.51. The normalized spacial score (nSPS) is 20.6. The molecule has 1 aromatic heterocycles. The highest BCUT2D eigenvalue weighted by Gasteiger charge is 2.26. The van der Waals surface area contributed by atoms with Crippen molar-refractivity contribution < 1.29 is 0 Å². The molecule has 14 heavy (non-hydrogen) atoms. The maximum Gasteiger partial charge on any atom is 0.128 e. The van der Waals surface area contributed by atoms with E-state index in [2.05, 4.69) is 15.7 Å². The van der Waals surface area contributed by atoms with E-state index < -0.39 is 0 Å². The molecular formula is C10H16N4. The third-order valence-electron chi connectivity index (χ3n) is 2.99. The Bertz CT molecular complexity index is 351. The summed E-state index contributed by atoms with van der Waals surface area (Å²) < 4.78 is 2.00. The molecule has 1 saturated carbocycles. The number of aryl methyl sites for hydroxylation is 1. The van der Waals surface area contributed by atoms with Crippen molar-refractivity contribution in [2.75, 3.05) is 11.9 Å². The number of rotatable bonds is 2. The molecule has 1 fully saturated rings. The van der Waals surface area contributed by atoms with Gasteiger partial charge in [0, 0.05) is 38.2 Å². The van der Waals surface area contributed by atoms with E-state index in [4.69, 9.17) is 0 Å². The van der Waals surface area contributed by atoms with Gasteiger partial charge in [0.1, 0.15) is 5.82 Å². The molecule has 4 heteroatoms. The third-order valence-corrected chi connectivity index (χ3v) is 2.99. The van der Waals surface area contributed by atoms with Gasteiger partial charge in [0.05, 0.1) is 5.69 Å². The van der Waals surface area contributed by atoms with Gasteiger partial charge in [0.25, 0.3) is 0 Å². The molecule has 2 aliphatic rings. The van der Waals surface area contributed by atoms with E-state index in [9.17, 15) is 0 Å². The molecule has 76 valence electrons. The van der Waals surface area contributed by atoms with Gasteiger partial charge in [0.15, 0.2) is 0 Å². The molecule has 0 bridgehead atoms. The summed E-state index contributed by atoms with van der Waals surface area (Å²) in [5, 5.41) is 11.5. The molecular weight excluding hydrogens is 176 g/mol. The summed E-state index contributed by atoms with van der Waals surface area (Å²) in [4.78, 5) is 0. The molecule has 1 aliphatic heterocycles. The Kier molecular flexibility index (Phi) is 1.77. The van der Waals surface area contributed by atoms with Crippen LogP contribution in [0.15, 0.2) is 0 Å². The Hall–Kier alpha value is -1.03. The molecule has 0 amide bonds. The predicted octanol–water partition coefficient (Wildman–Crippen LogP) is 0.640. The lowest BCUT2D eigenvalue weighted by Gasteiger charge is -2.13. The van der Waals surface area contributed by atoms with E-state index in [1.807, 2.05) is 11.7 Å². The molecule has 0 saturated heterocycles. The largest absolute Gasteiger partial charge is 0.367 e. The zero-order valence-electron chi connectivity index (χ0n) is 8.51. The summed E-state index contributed by atoms with van der Waals surface area (Å²) in [6, 6.07) is 0.705. The van der Waals surface area contributed by atoms with Crippen molar-refractivity contribution in [3.63, 3.8) is 0 Å². The smallest absolute Gasteiger partial charge is 0.128 e. The van der Waals surface area contributed by atoms with Crippen molar-refractivity contribution >= 4 is 5.82 Å². The lowest BCUT2D eigenvalue weighted by Crippen LogP contribution is -2.23. The minimum atomic E-state index is 0.705. The van der Waals surface area contributed by atoms with Crippen molar-refractivity contribution in [1.29, 1.82) is 0 Å². The molecule has 0 spiro atoms. The SMILES string of the molecule is Cn1nc2c(c1NC1CC1)CNCC2. The molecule has 1 aromatic rings. The molecule has 0 unspecified atom stereocenters. The lowest BCUT2D eigenvalue weighted by molar-refractivity contribution is 0.633. The number of nitrogens with one attached hydrogen (secondary N) is 2. The second-order valence-corrected chi connectivity index (χ2v) is 4.24. The van der Waals surface area contributed by atoms with Gasteiger partial charge in [-0.2, -0.15) is 5.10 Å². The molecule has 2 N–H and O–H groups in total. The van der Waals surface area contributed by atoms with Gasteiger partial charge in [0.2, 0.25) is 0 Å². The van der Waals surface area contributed by atoms with Crippen molar-refractivity contribution in [1.82, 2.24) is 15.1 Å². The minimum absolute atomic E-state index is 0.705. The van der Waals surface area contributed by atoms with Crippen LogP contribution in [0.4, 0.5) is 5.82 Å². The van der Waals surface area contributed by atoms with E-state index in [-0.39, 0.29) is 0 Å². The topological polar surface area (TPSA) is 41.9 Å². The van der Waals surface area contributed by atoms with Crippen LogP contribution < -0.4 is 10.6 Å². The average molecular weight is 192 g/mol. The number of fused-ring (bicyclic) bond motifs is 1. The molecule has 0 radical (unpaired) electrons. The van der Waals surface area contributed by atoms with E-state index in [0.717, 1.165) is 19.5 Å². The molecule has 4 nitrogen and oxygen atoms in total. The highest BCUT2D eigenvalue weighted by atomic mass is 15.3. The van der Waals surface area contributed by atoms with Crippen LogP contribution in [0.5, 0.6) is 0 Å². The highest BCUT2D eigenvalue weighted by molar-refractivity contribution is 5.50. The molecule has 0 aromatic carbocycles. The second-order valence-electron chi connectivity index (χ2n) is 4.24. The summed E-state index contributed by atoms with van der Waals surface area (Å²) in [7, 11) is 2.03. The quantitative estimate of drug-likeness (QED) is 0.722. The number of nitrogens with zero attached hydrogens (tertiary/aromatic N) is 2. The highest BCUT2D eigenvalue weighted by Crippen LogP contribution is 2.28. The van der Waals surface area contributed by atoms with E-state index in [0.29, 0.717) is 6.04 Å². The Morgan fingerprint density at radius 3 is 3.14 bits per heavy atom. The van der Waals surface area contributed by atoms with Crippen LogP contribution in [0, 0.1) is 0 Å². The van der Waals surface area contributed by atoms with Gasteiger partial charge < -0.3 is 10.6 Å². The Morgan fingerprint density at radius 2 is 2.36 bits per heavy atom. The Morgan fingerprint density at radius 1 is 1.50 bits per heavy atom. The Balaban J connectivity index is 1.94. The fourth-order valence-electron chi connectivity index (χ4n) is 2.03. The summed E-state index contributed by atoms with van der Waals surface area (Å²) in [5.74, 6) is 1.23. The Labute approximate surface area is 83.7 Å². The van der Waals surface area contributed by atoms with E-state index in [1.165, 1.54) is 29.9 Å². The van der Waals surface area contributed by atoms with Crippen LogP contribution >= 0.6 is 0 Å². The fraction of sp³-hybridized carbons (Fsp3) is 0.700. The van der Waals surface area contributed by atoms with Crippen LogP contribution in [0.3, 0.4) is 0 Å². The second kappa shape index (κ2) is 2.98. The van der Waals surface area contributed by atoms with Crippen LogP contribution in [0.2, 0.25) is 0 Å². The average Bonchev–Trinajstić information content (AvgIpc) is 2.93. The van der Waals surface area contributed by atoms with Gasteiger partial charge in [-0.25, -0.2) is 0 Å². The van der Waals surface area contributed by atoms with E-state index in [1.54, 1.807) is 0 Å². The zero-order chi connectivity index (χ0) is 9.54.